The van der Waals surface area contributed by atoms with Crippen molar-refractivity contribution in [1.82, 2.24) is 4.90 Å². The Balaban J connectivity index is 1.86. The first-order chi connectivity index (χ1) is 11.8. The lowest BCUT2D eigenvalue weighted by Gasteiger charge is -2.21. The number of halogens is 1. The summed E-state index contributed by atoms with van der Waals surface area (Å²) in [6, 6.07) is 14.7. The van der Waals surface area contributed by atoms with Crippen LogP contribution in [0.15, 0.2) is 53.0 Å². The second-order valence-electron chi connectivity index (χ2n) is 5.82. The second-order valence-corrected chi connectivity index (χ2v) is 6.74. The van der Waals surface area contributed by atoms with Gasteiger partial charge in [0.05, 0.1) is 6.54 Å². The van der Waals surface area contributed by atoms with Gasteiger partial charge in [0.2, 0.25) is 5.91 Å². The molecule has 1 N–H and O–H groups in total. The third kappa shape index (κ3) is 5.90. The lowest BCUT2D eigenvalue weighted by atomic mass is 10.2. The maximum absolute atomic E-state index is 12.4. The molecule has 0 aromatic heterocycles. The van der Waals surface area contributed by atoms with Gasteiger partial charge in [0.1, 0.15) is 5.75 Å². The van der Waals surface area contributed by atoms with Gasteiger partial charge in [-0.15, -0.1) is 0 Å². The van der Waals surface area contributed by atoms with Crippen LogP contribution in [0.5, 0.6) is 5.75 Å². The van der Waals surface area contributed by atoms with E-state index < -0.39 is 6.10 Å². The number of benzene rings is 2. The Bertz CT molecular complexity index is 729. The number of aryl methyl sites for hydroxylation is 1. The highest BCUT2D eigenvalue weighted by Gasteiger charge is 2.21. The van der Waals surface area contributed by atoms with Crippen LogP contribution in [0.1, 0.15) is 12.5 Å². The number of anilines is 1. The Morgan fingerprint density at radius 2 is 1.72 bits per heavy atom. The summed E-state index contributed by atoms with van der Waals surface area (Å²) >= 11 is 3.35. The molecule has 1 unspecified atom stereocenters. The fourth-order valence-electron chi connectivity index (χ4n) is 2.21. The van der Waals surface area contributed by atoms with Crippen LogP contribution in [0.4, 0.5) is 5.69 Å². The third-order valence-corrected chi connectivity index (χ3v) is 4.10. The largest absolute Gasteiger partial charge is 0.481 e. The summed E-state index contributed by atoms with van der Waals surface area (Å²) in [5, 5.41) is 2.77. The van der Waals surface area contributed by atoms with Crippen molar-refractivity contribution in [3.63, 3.8) is 0 Å². The molecule has 0 fully saturated rings. The number of hydrogen-bond donors (Lipinski definition) is 1. The Morgan fingerprint density at radius 1 is 1.12 bits per heavy atom. The number of carbonyl (C=O) groups is 2. The first-order valence-electron chi connectivity index (χ1n) is 7.89. The van der Waals surface area contributed by atoms with Crippen molar-refractivity contribution >= 4 is 33.4 Å². The molecular formula is C19H21BrN2O3. The Kier molecular flexibility index (Phi) is 6.58. The van der Waals surface area contributed by atoms with E-state index in [9.17, 15) is 9.59 Å². The minimum Gasteiger partial charge on any atom is -0.481 e. The van der Waals surface area contributed by atoms with E-state index >= 15 is 0 Å². The number of nitrogens with zero attached hydrogens (tertiary/aromatic N) is 1. The summed E-state index contributed by atoms with van der Waals surface area (Å²) in [6.07, 6.45) is -0.682. The molecular weight excluding hydrogens is 384 g/mol. The molecule has 0 aliphatic heterocycles. The van der Waals surface area contributed by atoms with E-state index in [1.54, 1.807) is 26.1 Å². The molecule has 132 valence electrons. The summed E-state index contributed by atoms with van der Waals surface area (Å²) in [5.74, 6) is 0.0825. The van der Waals surface area contributed by atoms with Crippen LogP contribution in [0.2, 0.25) is 0 Å². The highest BCUT2D eigenvalue weighted by atomic mass is 79.9. The SMILES string of the molecule is Cc1ccc(NC(=O)CN(C)C(=O)C(C)Oc2ccc(Br)cc2)cc1. The van der Waals surface area contributed by atoms with Crippen LogP contribution in [-0.4, -0.2) is 36.4 Å². The minimum atomic E-state index is -0.682. The van der Waals surface area contributed by atoms with E-state index in [0.717, 1.165) is 10.0 Å². The molecule has 0 radical (unpaired) electrons. The number of likely N-dealkylation sites (N-methyl/N-ethyl adjacent to an activating group) is 1. The van der Waals surface area contributed by atoms with E-state index in [-0.39, 0.29) is 18.4 Å². The van der Waals surface area contributed by atoms with E-state index in [2.05, 4.69) is 21.2 Å². The molecule has 0 aliphatic rings. The van der Waals surface area contributed by atoms with Crippen LogP contribution in [0, 0.1) is 6.92 Å². The maximum Gasteiger partial charge on any atom is 0.263 e. The number of carbonyl (C=O) groups excluding carboxylic acids is 2. The van der Waals surface area contributed by atoms with Gasteiger partial charge in [-0.1, -0.05) is 33.6 Å². The summed E-state index contributed by atoms with van der Waals surface area (Å²) in [4.78, 5) is 25.8. The predicted molar refractivity (Wildman–Crippen MR) is 102 cm³/mol. The zero-order valence-electron chi connectivity index (χ0n) is 14.5. The highest BCUT2D eigenvalue weighted by molar-refractivity contribution is 9.10. The van der Waals surface area contributed by atoms with Crippen molar-refractivity contribution in [3.8, 4) is 5.75 Å². The summed E-state index contributed by atoms with van der Waals surface area (Å²) in [7, 11) is 1.58. The topological polar surface area (TPSA) is 58.6 Å². The first kappa shape index (κ1) is 19.0. The highest BCUT2D eigenvalue weighted by Crippen LogP contribution is 2.17. The molecule has 5 nitrogen and oxygen atoms in total. The van der Waals surface area contributed by atoms with Crippen molar-refractivity contribution in [1.29, 1.82) is 0 Å². The van der Waals surface area contributed by atoms with E-state index in [0.29, 0.717) is 11.4 Å². The fraction of sp³-hybridized carbons (Fsp3) is 0.263. The molecule has 1 atom stereocenters. The van der Waals surface area contributed by atoms with Crippen molar-refractivity contribution in [2.45, 2.75) is 20.0 Å². The van der Waals surface area contributed by atoms with E-state index in [1.165, 1.54) is 4.90 Å². The van der Waals surface area contributed by atoms with Gasteiger partial charge >= 0.3 is 0 Å². The summed E-state index contributed by atoms with van der Waals surface area (Å²) < 4.78 is 6.56. The number of rotatable bonds is 6. The zero-order valence-corrected chi connectivity index (χ0v) is 16.0. The van der Waals surface area contributed by atoms with Gasteiger partial charge in [-0.05, 0) is 50.2 Å². The smallest absolute Gasteiger partial charge is 0.263 e. The predicted octanol–water partition coefficient (Wildman–Crippen LogP) is 3.62. The van der Waals surface area contributed by atoms with Crippen molar-refractivity contribution in [3.05, 3.63) is 58.6 Å². The number of amides is 2. The fourth-order valence-corrected chi connectivity index (χ4v) is 2.47. The molecule has 0 bridgehead atoms. The van der Waals surface area contributed by atoms with Crippen LogP contribution < -0.4 is 10.1 Å². The van der Waals surface area contributed by atoms with Crippen LogP contribution >= 0.6 is 15.9 Å². The second kappa shape index (κ2) is 8.67. The summed E-state index contributed by atoms with van der Waals surface area (Å²) in [5.41, 5.74) is 1.82. The van der Waals surface area contributed by atoms with Gasteiger partial charge < -0.3 is 15.0 Å². The van der Waals surface area contributed by atoms with Crippen LogP contribution in [0.3, 0.4) is 0 Å². The molecule has 0 heterocycles. The van der Waals surface area contributed by atoms with Gasteiger partial charge in [-0.25, -0.2) is 0 Å². The molecule has 2 rings (SSSR count). The minimum absolute atomic E-state index is 0.0409. The quantitative estimate of drug-likeness (QED) is 0.799. The van der Waals surface area contributed by atoms with Gasteiger partial charge in [0.25, 0.3) is 5.91 Å². The Hall–Kier alpha value is -2.34. The van der Waals surface area contributed by atoms with Gasteiger partial charge in [0, 0.05) is 17.2 Å². The van der Waals surface area contributed by atoms with Gasteiger partial charge in [-0.2, -0.15) is 0 Å². The number of ether oxygens (including phenoxy) is 1. The monoisotopic (exact) mass is 404 g/mol. The molecule has 0 saturated heterocycles. The third-order valence-electron chi connectivity index (χ3n) is 3.57. The molecule has 2 aromatic carbocycles. The molecule has 2 amide bonds. The number of nitrogens with one attached hydrogen (secondary N) is 1. The van der Waals surface area contributed by atoms with E-state index in [4.69, 9.17) is 4.74 Å². The molecule has 25 heavy (non-hydrogen) atoms. The van der Waals surface area contributed by atoms with Crippen molar-refractivity contribution in [2.75, 3.05) is 18.9 Å². The van der Waals surface area contributed by atoms with Crippen LogP contribution in [-0.2, 0) is 9.59 Å². The molecule has 6 heteroatoms. The van der Waals surface area contributed by atoms with Crippen molar-refractivity contribution in [2.24, 2.45) is 0 Å². The van der Waals surface area contributed by atoms with E-state index in [1.807, 2.05) is 43.3 Å². The Morgan fingerprint density at radius 3 is 2.32 bits per heavy atom. The van der Waals surface area contributed by atoms with Crippen LogP contribution in [0.25, 0.3) is 0 Å². The van der Waals surface area contributed by atoms with Gasteiger partial charge in [0.15, 0.2) is 6.10 Å². The first-order valence-corrected chi connectivity index (χ1v) is 8.68. The lowest BCUT2D eigenvalue weighted by molar-refractivity contribution is -0.139. The average molecular weight is 405 g/mol. The summed E-state index contributed by atoms with van der Waals surface area (Å²) in [6.45, 7) is 3.60. The number of hydrogen-bond acceptors (Lipinski definition) is 3. The maximum atomic E-state index is 12.4. The normalized spacial score (nSPS) is 11.5. The molecule has 0 aliphatic carbocycles. The molecule has 0 spiro atoms. The van der Waals surface area contributed by atoms with Gasteiger partial charge in [-0.3, -0.25) is 9.59 Å². The Labute approximate surface area is 156 Å². The standard InChI is InChI=1S/C19H21BrN2O3/c1-13-4-8-16(9-5-13)21-18(23)12-22(3)19(24)14(2)25-17-10-6-15(20)7-11-17/h4-11,14H,12H2,1-3H3,(H,21,23). The zero-order chi connectivity index (χ0) is 18.4. The molecule has 2 aromatic rings. The van der Waals surface area contributed by atoms with Crippen molar-refractivity contribution < 1.29 is 14.3 Å². The molecule has 0 saturated carbocycles. The lowest BCUT2D eigenvalue weighted by Crippen LogP contribution is -2.41. The average Bonchev–Trinajstić information content (AvgIpc) is 2.58.